The molecule has 0 radical (unpaired) electrons. The van der Waals surface area contributed by atoms with Crippen molar-refractivity contribution in [3.8, 4) is 0 Å². The Morgan fingerprint density at radius 2 is 2.17 bits per heavy atom. The molecular weight excluding hydrogens is 270 g/mol. The summed E-state index contributed by atoms with van der Waals surface area (Å²) in [7, 11) is 0. The van der Waals surface area contributed by atoms with E-state index in [9.17, 15) is 4.79 Å². The third kappa shape index (κ3) is 3.40. The number of thioether (sulfide) groups is 1. The van der Waals surface area contributed by atoms with Gasteiger partial charge in [0.2, 0.25) is 5.91 Å². The molecule has 98 valence electrons. The smallest absolute Gasteiger partial charge is 0.223 e. The van der Waals surface area contributed by atoms with E-state index in [0.717, 1.165) is 15.7 Å². The number of amides is 1. The number of likely N-dealkylation sites (tertiary alicyclic amines) is 1. The molecule has 1 aromatic carbocycles. The minimum absolute atomic E-state index is 0.166. The molecule has 0 aromatic heterocycles. The number of hydrogen-bond acceptors (Lipinski definition) is 3. The van der Waals surface area contributed by atoms with E-state index in [0.29, 0.717) is 19.5 Å². The van der Waals surface area contributed by atoms with Crippen molar-refractivity contribution in [1.29, 1.82) is 0 Å². The van der Waals surface area contributed by atoms with Crippen LogP contribution in [0.15, 0.2) is 29.2 Å². The lowest BCUT2D eigenvalue weighted by Crippen LogP contribution is -2.51. The van der Waals surface area contributed by atoms with E-state index in [-0.39, 0.29) is 18.4 Å². The van der Waals surface area contributed by atoms with E-state index in [1.54, 1.807) is 16.7 Å². The van der Waals surface area contributed by atoms with Crippen molar-refractivity contribution in [1.82, 2.24) is 4.90 Å². The number of halogens is 1. The van der Waals surface area contributed by atoms with E-state index in [2.05, 4.69) is 0 Å². The van der Waals surface area contributed by atoms with Crippen molar-refractivity contribution in [2.45, 2.75) is 11.3 Å². The van der Waals surface area contributed by atoms with Crippen LogP contribution < -0.4 is 0 Å². The Morgan fingerprint density at radius 3 is 2.83 bits per heavy atom. The van der Waals surface area contributed by atoms with E-state index >= 15 is 0 Å². The Labute approximate surface area is 116 Å². The lowest BCUT2D eigenvalue weighted by atomic mass is 10.0. The molecule has 1 saturated heterocycles. The van der Waals surface area contributed by atoms with Gasteiger partial charge in [-0.05, 0) is 12.1 Å². The first-order chi connectivity index (χ1) is 8.70. The molecule has 1 amide bonds. The van der Waals surface area contributed by atoms with Crippen LogP contribution in [0.1, 0.15) is 6.42 Å². The van der Waals surface area contributed by atoms with Crippen LogP contribution in [-0.2, 0) is 4.79 Å². The Kier molecular flexibility index (Phi) is 4.92. The summed E-state index contributed by atoms with van der Waals surface area (Å²) in [6.07, 6.45) is 0.522. The summed E-state index contributed by atoms with van der Waals surface area (Å²) in [6, 6.07) is 7.65. The van der Waals surface area contributed by atoms with E-state index in [1.165, 1.54) is 0 Å². The third-order valence-electron chi connectivity index (χ3n) is 2.98. The maximum absolute atomic E-state index is 11.8. The topological polar surface area (TPSA) is 40.5 Å². The van der Waals surface area contributed by atoms with Crippen molar-refractivity contribution in [2.75, 3.05) is 25.4 Å². The normalized spacial score (nSPS) is 15.6. The molecule has 1 aliphatic rings. The molecule has 2 rings (SSSR count). The van der Waals surface area contributed by atoms with Crippen molar-refractivity contribution in [3.05, 3.63) is 29.3 Å². The number of carbonyl (C=O) groups excluding carboxylic acids is 1. The second-order valence-electron chi connectivity index (χ2n) is 4.38. The van der Waals surface area contributed by atoms with Crippen LogP contribution in [-0.4, -0.2) is 41.4 Å². The number of nitrogens with zero attached hydrogens (tertiary/aromatic N) is 1. The second-order valence-corrected chi connectivity index (χ2v) is 5.92. The molecule has 1 aliphatic heterocycles. The van der Waals surface area contributed by atoms with Crippen molar-refractivity contribution in [3.63, 3.8) is 0 Å². The Bertz CT molecular complexity index is 421. The zero-order chi connectivity index (χ0) is 13.0. The molecule has 0 spiro atoms. The maximum atomic E-state index is 11.8. The molecule has 0 unspecified atom stereocenters. The summed E-state index contributed by atoms with van der Waals surface area (Å²) in [4.78, 5) is 14.6. The Balaban J connectivity index is 1.70. The first-order valence-corrected chi connectivity index (χ1v) is 7.33. The van der Waals surface area contributed by atoms with Crippen molar-refractivity contribution < 1.29 is 9.90 Å². The van der Waals surface area contributed by atoms with Gasteiger partial charge >= 0.3 is 0 Å². The predicted octanol–water partition coefficient (Wildman–Crippen LogP) is 2.27. The number of aliphatic hydroxyl groups excluding tert-OH is 1. The van der Waals surface area contributed by atoms with E-state index in [4.69, 9.17) is 16.7 Å². The summed E-state index contributed by atoms with van der Waals surface area (Å²) in [5.74, 6) is 1.19. The number of benzene rings is 1. The second kappa shape index (κ2) is 6.45. The molecule has 18 heavy (non-hydrogen) atoms. The van der Waals surface area contributed by atoms with Crippen LogP contribution in [0.2, 0.25) is 5.02 Å². The van der Waals surface area contributed by atoms with Gasteiger partial charge in [0.25, 0.3) is 0 Å². The van der Waals surface area contributed by atoms with E-state index in [1.807, 2.05) is 24.3 Å². The molecule has 1 fully saturated rings. The van der Waals surface area contributed by atoms with Crippen LogP contribution in [0.3, 0.4) is 0 Å². The van der Waals surface area contributed by atoms with Gasteiger partial charge in [0.1, 0.15) is 0 Å². The van der Waals surface area contributed by atoms with Gasteiger partial charge in [0.05, 0.1) is 5.02 Å². The zero-order valence-electron chi connectivity index (χ0n) is 10.0. The molecule has 1 aromatic rings. The minimum atomic E-state index is 0.166. The quantitative estimate of drug-likeness (QED) is 0.844. The number of carbonyl (C=O) groups is 1. The summed E-state index contributed by atoms with van der Waals surface area (Å²) >= 11 is 7.64. The van der Waals surface area contributed by atoms with Crippen LogP contribution in [0.25, 0.3) is 0 Å². The molecule has 3 nitrogen and oxygen atoms in total. The predicted molar refractivity (Wildman–Crippen MR) is 73.9 cm³/mol. The fourth-order valence-electron chi connectivity index (χ4n) is 1.86. The van der Waals surface area contributed by atoms with Crippen molar-refractivity contribution >= 4 is 29.3 Å². The summed E-state index contributed by atoms with van der Waals surface area (Å²) in [5.41, 5.74) is 0. The average Bonchev–Trinajstić information content (AvgIpc) is 2.30. The Hall–Kier alpha value is -0.710. The van der Waals surface area contributed by atoms with Gasteiger partial charge in [-0.25, -0.2) is 0 Å². The van der Waals surface area contributed by atoms with Crippen LogP contribution in [0.5, 0.6) is 0 Å². The molecular formula is C13H16ClNO2S. The van der Waals surface area contributed by atoms with Gasteiger partial charge in [-0.2, -0.15) is 0 Å². The lowest BCUT2D eigenvalue weighted by Gasteiger charge is -2.38. The number of aliphatic hydroxyl groups is 1. The monoisotopic (exact) mass is 285 g/mol. The summed E-state index contributed by atoms with van der Waals surface area (Å²) in [5, 5.41) is 9.62. The average molecular weight is 286 g/mol. The first kappa shape index (κ1) is 13.7. The van der Waals surface area contributed by atoms with Crippen LogP contribution >= 0.6 is 23.4 Å². The lowest BCUT2D eigenvalue weighted by molar-refractivity contribution is -0.137. The van der Waals surface area contributed by atoms with Gasteiger partial charge in [-0.15, -0.1) is 11.8 Å². The highest BCUT2D eigenvalue weighted by atomic mass is 35.5. The molecule has 0 saturated carbocycles. The van der Waals surface area contributed by atoms with E-state index < -0.39 is 0 Å². The van der Waals surface area contributed by atoms with Gasteiger partial charge in [0, 0.05) is 42.7 Å². The number of hydrogen-bond donors (Lipinski definition) is 1. The van der Waals surface area contributed by atoms with Crippen LogP contribution in [0, 0.1) is 5.92 Å². The largest absolute Gasteiger partial charge is 0.396 e. The summed E-state index contributed by atoms with van der Waals surface area (Å²) < 4.78 is 0. The van der Waals surface area contributed by atoms with Crippen molar-refractivity contribution in [2.24, 2.45) is 5.92 Å². The number of rotatable bonds is 5. The fourth-order valence-corrected chi connectivity index (χ4v) is 3.03. The SMILES string of the molecule is O=C(CCSc1ccccc1Cl)N1CC(CO)C1. The Morgan fingerprint density at radius 1 is 1.44 bits per heavy atom. The van der Waals surface area contributed by atoms with Gasteiger partial charge in [-0.3, -0.25) is 4.79 Å². The van der Waals surface area contributed by atoms with Gasteiger partial charge in [0.15, 0.2) is 0 Å². The first-order valence-electron chi connectivity index (χ1n) is 5.96. The standard InChI is InChI=1S/C13H16ClNO2S/c14-11-3-1-2-4-12(11)18-6-5-13(17)15-7-10(8-15)9-16/h1-4,10,16H,5-9H2. The van der Waals surface area contributed by atoms with Crippen LogP contribution in [0.4, 0.5) is 0 Å². The third-order valence-corrected chi connectivity index (χ3v) is 4.50. The highest BCUT2D eigenvalue weighted by molar-refractivity contribution is 7.99. The molecule has 1 heterocycles. The van der Waals surface area contributed by atoms with Gasteiger partial charge in [-0.1, -0.05) is 23.7 Å². The molecule has 5 heteroatoms. The summed E-state index contributed by atoms with van der Waals surface area (Å²) in [6.45, 7) is 1.58. The molecule has 0 atom stereocenters. The molecule has 0 bridgehead atoms. The maximum Gasteiger partial charge on any atom is 0.223 e. The fraction of sp³-hybridized carbons (Fsp3) is 0.462. The molecule has 1 N–H and O–H groups in total. The zero-order valence-corrected chi connectivity index (χ0v) is 11.6. The highest BCUT2D eigenvalue weighted by Gasteiger charge is 2.29. The highest BCUT2D eigenvalue weighted by Crippen LogP contribution is 2.27. The molecule has 0 aliphatic carbocycles. The van der Waals surface area contributed by atoms with Gasteiger partial charge < -0.3 is 10.0 Å². The minimum Gasteiger partial charge on any atom is -0.396 e.